The molecule has 4 rings (SSSR count). The molecule has 0 saturated heterocycles. The number of rotatable bonds is 4. The van der Waals surface area contributed by atoms with Crippen LogP contribution in [0.5, 0.6) is 0 Å². The molecule has 7 heteroatoms. The van der Waals surface area contributed by atoms with Gasteiger partial charge in [-0.15, -0.1) is 0 Å². The second kappa shape index (κ2) is 7.16. The van der Waals surface area contributed by atoms with Gasteiger partial charge < -0.3 is 11.5 Å². The summed E-state index contributed by atoms with van der Waals surface area (Å²) in [6.45, 7) is 1.88. The molecule has 2 atom stereocenters. The number of aromatic nitrogens is 3. The Bertz CT molecular complexity index is 1050. The Morgan fingerprint density at radius 3 is 2.71 bits per heavy atom. The van der Waals surface area contributed by atoms with Crippen molar-refractivity contribution in [3.63, 3.8) is 0 Å². The molecular weight excluding hydrogens is 355 g/mol. The summed E-state index contributed by atoms with van der Waals surface area (Å²) in [7, 11) is 1.85. The van der Waals surface area contributed by atoms with Gasteiger partial charge in [0.1, 0.15) is 17.3 Å². The van der Waals surface area contributed by atoms with Gasteiger partial charge in [-0.3, -0.25) is 4.68 Å². The van der Waals surface area contributed by atoms with E-state index in [-0.39, 0.29) is 17.8 Å². The van der Waals surface area contributed by atoms with Gasteiger partial charge in [-0.25, -0.2) is 14.4 Å². The number of pyridine rings is 1. The zero-order chi connectivity index (χ0) is 19.8. The van der Waals surface area contributed by atoms with Gasteiger partial charge in [0.2, 0.25) is 0 Å². The number of aliphatic imine (C=N–C) groups is 1. The highest BCUT2D eigenvalue weighted by molar-refractivity contribution is 6.01. The van der Waals surface area contributed by atoms with E-state index in [1.54, 1.807) is 23.1 Å². The van der Waals surface area contributed by atoms with Gasteiger partial charge in [0, 0.05) is 48.2 Å². The number of aryl methyl sites for hydroxylation is 1. The number of nitrogens with zero attached hydrogens (tertiary/aromatic N) is 4. The lowest BCUT2D eigenvalue weighted by Crippen LogP contribution is -2.37. The van der Waals surface area contributed by atoms with Crippen LogP contribution in [0.3, 0.4) is 0 Å². The van der Waals surface area contributed by atoms with E-state index in [1.807, 2.05) is 32.3 Å². The molecule has 0 radical (unpaired) electrons. The smallest absolute Gasteiger partial charge is 0.149 e. The highest BCUT2D eigenvalue weighted by Crippen LogP contribution is 2.40. The topological polar surface area (TPSA) is 95.1 Å². The lowest BCUT2D eigenvalue weighted by molar-refractivity contribution is 0.337. The number of hydrogen-bond donors (Lipinski definition) is 2. The number of hydrogen-bond acceptors (Lipinski definition) is 5. The maximum Gasteiger partial charge on any atom is 0.149 e. The summed E-state index contributed by atoms with van der Waals surface area (Å²) >= 11 is 0. The van der Waals surface area contributed by atoms with Crippen LogP contribution in [0.25, 0.3) is 11.1 Å². The summed E-state index contributed by atoms with van der Waals surface area (Å²) in [4.78, 5) is 8.84. The van der Waals surface area contributed by atoms with Crippen LogP contribution in [0.2, 0.25) is 0 Å². The molecule has 1 aromatic carbocycles. The van der Waals surface area contributed by atoms with Crippen molar-refractivity contribution < 1.29 is 4.39 Å². The maximum atomic E-state index is 14.8. The van der Waals surface area contributed by atoms with Crippen molar-refractivity contribution >= 4 is 17.2 Å². The van der Waals surface area contributed by atoms with Crippen LogP contribution in [0, 0.1) is 5.82 Å². The van der Waals surface area contributed by atoms with Crippen molar-refractivity contribution in [2.75, 3.05) is 5.73 Å². The molecule has 144 valence electrons. The summed E-state index contributed by atoms with van der Waals surface area (Å²) < 4.78 is 16.5. The minimum Gasteiger partial charge on any atom is -0.382 e. The Balaban J connectivity index is 1.75. The van der Waals surface area contributed by atoms with Crippen molar-refractivity contribution in [2.24, 2.45) is 17.8 Å². The van der Waals surface area contributed by atoms with Crippen LogP contribution in [0.1, 0.15) is 36.8 Å². The SMILES string of the molecule is CC(=Nc1c(-c2ccc(C3CCC3N)c(F)c2)ccnc1N)c1cnn(C)c1. The van der Waals surface area contributed by atoms with Crippen molar-refractivity contribution in [3.8, 4) is 11.1 Å². The largest absolute Gasteiger partial charge is 0.382 e. The van der Waals surface area contributed by atoms with Gasteiger partial charge in [0.05, 0.1) is 6.20 Å². The molecule has 0 spiro atoms. The second-order valence-corrected chi connectivity index (χ2v) is 7.28. The fraction of sp³-hybridized carbons (Fsp3) is 0.286. The van der Waals surface area contributed by atoms with E-state index >= 15 is 0 Å². The lowest BCUT2D eigenvalue weighted by atomic mass is 9.75. The quantitative estimate of drug-likeness (QED) is 0.679. The number of benzene rings is 1. The minimum atomic E-state index is -0.244. The number of nitrogen functional groups attached to an aromatic ring is 1. The van der Waals surface area contributed by atoms with E-state index in [0.29, 0.717) is 22.6 Å². The highest BCUT2D eigenvalue weighted by atomic mass is 19.1. The van der Waals surface area contributed by atoms with E-state index in [2.05, 4.69) is 15.1 Å². The van der Waals surface area contributed by atoms with E-state index in [4.69, 9.17) is 11.5 Å². The van der Waals surface area contributed by atoms with Gasteiger partial charge in [-0.2, -0.15) is 5.10 Å². The summed E-state index contributed by atoms with van der Waals surface area (Å²) in [5, 5.41) is 4.17. The number of halogens is 1. The molecular formula is C21H23FN6. The summed E-state index contributed by atoms with van der Waals surface area (Å²) in [5.41, 5.74) is 16.4. The monoisotopic (exact) mass is 378 g/mol. The third-order valence-corrected chi connectivity index (χ3v) is 5.39. The minimum absolute atomic E-state index is 0.0409. The average Bonchev–Trinajstić information content (AvgIpc) is 3.10. The van der Waals surface area contributed by atoms with E-state index in [0.717, 1.165) is 29.7 Å². The maximum absolute atomic E-state index is 14.8. The van der Waals surface area contributed by atoms with Gasteiger partial charge in [0.25, 0.3) is 0 Å². The molecule has 1 fully saturated rings. The first-order valence-electron chi connectivity index (χ1n) is 9.28. The third-order valence-electron chi connectivity index (χ3n) is 5.39. The first-order valence-corrected chi connectivity index (χ1v) is 9.28. The number of anilines is 1. The van der Waals surface area contributed by atoms with Crippen LogP contribution in [-0.4, -0.2) is 26.5 Å². The van der Waals surface area contributed by atoms with Gasteiger partial charge in [0.15, 0.2) is 0 Å². The van der Waals surface area contributed by atoms with Crippen molar-refractivity contribution in [2.45, 2.75) is 31.7 Å². The molecule has 4 N–H and O–H groups in total. The van der Waals surface area contributed by atoms with Crippen LogP contribution in [0.15, 0.2) is 47.8 Å². The molecule has 0 amide bonds. The molecule has 28 heavy (non-hydrogen) atoms. The van der Waals surface area contributed by atoms with Crippen LogP contribution in [-0.2, 0) is 7.05 Å². The molecule has 6 nitrogen and oxygen atoms in total. The van der Waals surface area contributed by atoms with Crippen LogP contribution < -0.4 is 11.5 Å². The summed E-state index contributed by atoms with van der Waals surface area (Å²) in [6, 6.07) is 7.10. The van der Waals surface area contributed by atoms with Crippen molar-refractivity contribution in [3.05, 3.63) is 59.8 Å². The predicted molar refractivity (Wildman–Crippen MR) is 109 cm³/mol. The molecule has 0 bridgehead atoms. The van der Waals surface area contributed by atoms with Gasteiger partial charge in [-0.1, -0.05) is 12.1 Å². The summed E-state index contributed by atoms with van der Waals surface area (Å²) in [5.74, 6) is 0.153. The van der Waals surface area contributed by atoms with E-state index in [1.165, 1.54) is 6.07 Å². The van der Waals surface area contributed by atoms with Crippen molar-refractivity contribution in [1.29, 1.82) is 0 Å². The molecule has 3 aromatic rings. The summed E-state index contributed by atoms with van der Waals surface area (Å²) in [6.07, 6.45) is 7.10. The first kappa shape index (κ1) is 18.3. The fourth-order valence-corrected chi connectivity index (χ4v) is 3.57. The standard InChI is InChI=1S/C21H23FN6/c1-12(14-10-26-28(2)11-14)27-20-15(7-8-25-21(20)24)13-3-4-16(18(22)9-13)17-5-6-19(17)23/h3-4,7-11,17,19H,5-6,23H2,1-2H3,(H2,24,25). The molecule has 1 aliphatic carbocycles. The Kier molecular flexibility index (Phi) is 4.68. The van der Waals surface area contributed by atoms with Gasteiger partial charge >= 0.3 is 0 Å². The Labute approximate surface area is 163 Å². The first-order chi connectivity index (χ1) is 13.4. The molecule has 2 aromatic heterocycles. The fourth-order valence-electron chi connectivity index (χ4n) is 3.57. The molecule has 2 unspecified atom stereocenters. The lowest BCUT2D eigenvalue weighted by Gasteiger charge is -2.34. The average molecular weight is 378 g/mol. The van der Waals surface area contributed by atoms with E-state index in [9.17, 15) is 4.39 Å². The molecule has 1 aliphatic rings. The Morgan fingerprint density at radius 1 is 1.29 bits per heavy atom. The Hall–Kier alpha value is -3.06. The Morgan fingerprint density at radius 2 is 2.11 bits per heavy atom. The second-order valence-electron chi connectivity index (χ2n) is 7.28. The van der Waals surface area contributed by atoms with E-state index < -0.39 is 0 Å². The van der Waals surface area contributed by atoms with Crippen LogP contribution >= 0.6 is 0 Å². The molecule has 0 aliphatic heterocycles. The normalized spacial score (nSPS) is 19.5. The number of nitrogens with two attached hydrogens (primary N) is 2. The van der Waals surface area contributed by atoms with Crippen molar-refractivity contribution in [1.82, 2.24) is 14.8 Å². The zero-order valence-electron chi connectivity index (χ0n) is 15.9. The zero-order valence-corrected chi connectivity index (χ0v) is 15.9. The highest BCUT2D eigenvalue weighted by Gasteiger charge is 2.31. The van der Waals surface area contributed by atoms with Crippen LogP contribution in [0.4, 0.5) is 15.9 Å². The molecule has 2 heterocycles. The predicted octanol–water partition coefficient (Wildman–Crippen LogP) is 3.55. The third kappa shape index (κ3) is 3.29. The molecule has 1 saturated carbocycles. The van der Waals surface area contributed by atoms with Gasteiger partial charge in [-0.05, 0) is 43.0 Å².